The lowest BCUT2D eigenvalue weighted by molar-refractivity contribution is -0.383. The first kappa shape index (κ1) is 14.9. The lowest BCUT2D eigenvalue weighted by Crippen LogP contribution is -2.13. The van der Waals surface area contributed by atoms with Crippen molar-refractivity contribution in [3.05, 3.63) is 51.1 Å². The van der Waals surface area contributed by atoms with E-state index in [2.05, 4.69) is 0 Å². The third-order valence-electron chi connectivity index (χ3n) is 2.36. The van der Waals surface area contributed by atoms with E-state index in [1.165, 1.54) is 12.1 Å². The number of nitriles is 1. The summed E-state index contributed by atoms with van der Waals surface area (Å²) >= 11 is 0.702. The van der Waals surface area contributed by atoms with Crippen molar-refractivity contribution >= 4 is 32.7 Å². The number of hydrogen-bond donors (Lipinski definition) is 1. The van der Waals surface area contributed by atoms with Crippen LogP contribution in [0.5, 0.6) is 0 Å². The molecule has 0 aliphatic carbocycles. The zero-order valence-corrected chi connectivity index (χ0v) is 11.7. The van der Waals surface area contributed by atoms with E-state index in [0.29, 0.717) is 17.4 Å². The summed E-state index contributed by atoms with van der Waals surface area (Å²) in [5.41, 5.74) is -1.05. The molecule has 0 saturated heterocycles. The summed E-state index contributed by atoms with van der Waals surface area (Å²) < 4.78 is 39.0. The molecule has 7 nitrogen and oxygen atoms in total. The maximum atomic E-state index is 13.1. The third-order valence-corrected chi connectivity index (χ3v) is 5.20. The van der Waals surface area contributed by atoms with Gasteiger partial charge in [-0.1, -0.05) is 0 Å². The van der Waals surface area contributed by atoms with Gasteiger partial charge in [0.15, 0.2) is 0 Å². The Morgan fingerprint density at radius 1 is 1.33 bits per heavy atom. The van der Waals surface area contributed by atoms with E-state index < -0.39 is 32.1 Å². The summed E-state index contributed by atoms with van der Waals surface area (Å²) in [6.45, 7) is 0. The van der Waals surface area contributed by atoms with Crippen LogP contribution in [-0.2, 0) is 10.0 Å². The molecule has 0 bridgehead atoms. The molecule has 2 rings (SSSR count). The number of nitro groups is 1. The van der Waals surface area contributed by atoms with Gasteiger partial charge in [0.1, 0.15) is 26.7 Å². The Labute approximate surface area is 122 Å². The van der Waals surface area contributed by atoms with Crippen LogP contribution >= 0.6 is 11.3 Å². The molecule has 0 spiro atoms. The quantitative estimate of drug-likeness (QED) is 0.684. The van der Waals surface area contributed by atoms with Crippen LogP contribution < -0.4 is 4.72 Å². The summed E-state index contributed by atoms with van der Waals surface area (Å²) in [5, 5.41) is 19.5. The summed E-state index contributed by atoms with van der Waals surface area (Å²) in [6, 6.07) is 6.71. The first-order valence-corrected chi connectivity index (χ1v) is 7.60. The fraction of sp³-hybridized carbons (Fsp3) is 0. The Morgan fingerprint density at radius 2 is 2.05 bits per heavy atom. The van der Waals surface area contributed by atoms with Gasteiger partial charge in [0.2, 0.25) is 0 Å². The second kappa shape index (κ2) is 5.47. The Morgan fingerprint density at radius 3 is 2.62 bits per heavy atom. The Bertz CT molecular complexity index is 855. The van der Waals surface area contributed by atoms with Crippen LogP contribution in [0.15, 0.2) is 34.5 Å². The van der Waals surface area contributed by atoms with Gasteiger partial charge in [-0.05, 0) is 18.2 Å². The average molecular weight is 327 g/mol. The number of sulfonamides is 1. The molecule has 0 aliphatic rings. The highest BCUT2D eigenvalue weighted by Crippen LogP contribution is 2.29. The topological polar surface area (TPSA) is 113 Å². The molecule has 108 valence electrons. The summed E-state index contributed by atoms with van der Waals surface area (Å²) in [5.74, 6) is -0.817. The molecule has 0 saturated carbocycles. The van der Waals surface area contributed by atoms with Crippen LogP contribution in [-0.4, -0.2) is 13.3 Å². The number of halogens is 1. The van der Waals surface area contributed by atoms with E-state index in [1.54, 1.807) is 6.07 Å². The van der Waals surface area contributed by atoms with Gasteiger partial charge in [-0.25, -0.2) is 12.8 Å². The smallest absolute Gasteiger partial charge is 0.272 e. The zero-order chi connectivity index (χ0) is 15.6. The molecule has 0 radical (unpaired) electrons. The lowest BCUT2D eigenvalue weighted by atomic mass is 10.3. The van der Waals surface area contributed by atoms with Crippen LogP contribution in [0.25, 0.3) is 0 Å². The molecular formula is C11H6FN3O4S2. The van der Waals surface area contributed by atoms with Gasteiger partial charge in [-0.15, -0.1) is 11.3 Å². The van der Waals surface area contributed by atoms with Crippen molar-refractivity contribution in [3.63, 3.8) is 0 Å². The van der Waals surface area contributed by atoms with E-state index in [1.807, 2.05) is 4.72 Å². The molecule has 1 heterocycles. The van der Waals surface area contributed by atoms with Gasteiger partial charge in [0.25, 0.3) is 15.7 Å². The third kappa shape index (κ3) is 3.15. The number of nitrogens with zero attached hydrogens (tertiary/aromatic N) is 2. The fourth-order valence-electron chi connectivity index (χ4n) is 1.47. The highest BCUT2D eigenvalue weighted by molar-refractivity contribution is 7.94. The Balaban J connectivity index is 2.43. The normalized spacial score (nSPS) is 10.9. The van der Waals surface area contributed by atoms with E-state index in [9.17, 15) is 22.9 Å². The summed E-state index contributed by atoms with van der Waals surface area (Å²) in [7, 11) is -4.13. The van der Waals surface area contributed by atoms with Crippen LogP contribution in [0, 0.1) is 27.3 Å². The number of benzene rings is 1. The number of hydrogen-bond acceptors (Lipinski definition) is 6. The van der Waals surface area contributed by atoms with E-state index >= 15 is 0 Å². The van der Waals surface area contributed by atoms with Crippen LogP contribution in [0.1, 0.15) is 4.88 Å². The fourth-order valence-corrected chi connectivity index (χ4v) is 3.64. The minimum Gasteiger partial charge on any atom is -0.272 e. The molecule has 0 fully saturated rings. The molecule has 1 aromatic heterocycles. The molecule has 2 aromatic rings. The van der Waals surface area contributed by atoms with E-state index in [-0.39, 0.29) is 9.09 Å². The maximum absolute atomic E-state index is 13.1. The first-order valence-electron chi connectivity index (χ1n) is 5.30. The van der Waals surface area contributed by atoms with Crippen LogP contribution in [0.2, 0.25) is 0 Å². The Kier molecular flexibility index (Phi) is 3.88. The minimum atomic E-state index is -4.13. The van der Waals surface area contributed by atoms with Gasteiger partial charge in [0, 0.05) is 12.1 Å². The number of nitro benzene ring substituents is 1. The molecule has 0 unspecified atom stereocenters. The van der Waals surface area contributed by atoms with Gasteiger partial charge < -0.3 is 0 Å². The number of anilines is 1. The number of rotatable bonds is 4. The van der Waals surface area contributed by atoms with Crippen molar-refractivity contribution in [1.29, 1.82) is 5.26 Å². The molecule has 1 aromatic carbocycles. The van der Waals surface area contributed by atoms with Crippen molar-refractivity contribution in [1.82, 2.24) is 0 Å². The molecule has 10 heteroatoms. The number of thiophene rings is 1. The summed E-state index contributed by atoms with van der Waals surface area (Å²) in [4.78, 5) is 10.2. The zero-order valence-electron chi connectivity index (χ0n) is 10.1. The molecule has 0 aliphatic heterocycles. The second-order valence-corrected chi connectivity index (χ2v) is 6.75. The molecular weight excluding hydrogens is 321 g/mol. The van der Waals surface area contributed by atoms with Crippen LogP contribution in [0.4, 0.5) is 15.8 Å². The molecule has 1 N–H and O–H groups in total. The van der Waals surface area contributed by atoms with Crippen molar-refractivity contribution in [2.45, 2.75) is 4.21 Å². The van der Waals surface area contributed by atoms with Gasteiger partial charge in [-0.2, -0.15) is 5.26 Å². The highest BCUT2D eigenvalue weighted by atomic mass is 32.2. The van der Waals surface area contributed by atoms with Crippen molar-refractivity contribution in [2.75, 3.05) is 4.72 Å². The predicted molar refractivity (Wildman–Crippen MR) is 72.9 cm³/mol. The predicted octanol–water partition coefficient (Wildman–Crippen LogP) is 2.47. The van der Waals surface area contributed by atoms with Crippen molar-refractivity contribution in [3.8, 4) is 6.07 Å². The lowest BCUT2D eigenvalue weighted by Gasteiger charge is -2.06. The SMILES string of the molecule is N#Cc1ccc(S(=O)(=O)Nc2cc(F)ccc2[N+](=O)[O-])s1. The average Bonchev–Trinajstić information content (AvgIpc) is 2.87. The second-order valence-electron chi connectivity index (χ2n) is 3.75. The summed E-state index contributed by atoms with van der Waals surface area (Å²) in [6.07, 6.45) is 0. The van der Waals surface area contributed by atoms with Crippen molar-refractivity contribution < 1.29 is 17.7 Å². The van der Waals surface area contributed by atoms with Crippen LogP contribution in [0.3, 0.4) is 0 Å². The molecule has 21 heavy (non-hydrogen) atoms. The van der Waals surface area contributed by atoms with Gasteiger partial charge in [-0.3, -0.25) is 14.8 Å². The van der Waals surface area contributed by atoms with E-state index in [4.69, 9.17) is 5.26 Å². The largest absolute Gasteiger partial charge is 0.293 e. The minimum absolute atomic E-state index is 0.170. The standard InChI is InChI=1S/C11H6FN3O4S2/c12-7-1-3-10(15(16)17)9(5-7)14-21(18,19)11-4-2-8(6-13)20-11/h1-5,14H. The van der Waals surface area contributed by atoms with E-state index in [0.717, 1.165) is 12.1 Å². The van der Waals surface area contributed by atoms with Gasteiger partial charge in [0.05, 0.1) is 4.92 Å². The number of nitrogens with one attached hydrogen (secondary N) is 1. The Hall–Kier alpha value is -2.51. The molecule has 0 atom stereocenters. The first-order chi connectivity index (χ1) is 9.83. The highest BCUT2D eigenvalue weighted by Gasteiger charge is 2.22. The van der Waals surface area contributed by atoms with Crippen molar-refractivity contribution in [2.24, 2.45) is 0 Å². The molecule has 0 amide bonds. The monoisotopic (exact) mass is 327 g/mol. The maximum Gasteiger partial charge on any atom is 0.293 e. The van der Waals surface area contributed by atoms with Gasteiger partial charge >= 0.3 is 0 Å².